The van der Waals surface area contributed by atoms with E-state index >= 15 is 0 Å². The van der Waals surface area contributed by atoms with E-state index in [9.17, 15) is 9.59 Å². The van der Waals surface area contributed by atoms with Gasteiger partial charge >= 0.3 is 0 Å². The maximum absolute atomic E-state index is 12.8. The number of carbonyl (C=O) groups excluding carboxylic acids is 1. The third-order valence-electron chi connectivity index (χ3n) is 5.16. The van der Waals surface area contributed by atoms with E-state index < -0.39 is 5.91 Å². The number of halogens is 1. The summed E-state index contributed by atoms with van der Waals surface area (Å²) in [6.07, 6.45) is 5.47. The van der Waals surface area contributed by atoms with Crippen molar-refractivity contribution in [2.45, 2.75) is 13.3 Å². The van der Waals surface area contributed by atoms with Gasteiger partial charge in [0.05, 0.1) is 10.4 Å². The molecule has 166 valence electrons. The standard InChI is InChI=1S/C17H14ClNO.C7H7N5O/c1-2-13-11-12-7-6-10-15(18)16(12)17(20)19(13)14-8-4-3-5-9-14;8-5-4(6(9)13)7-10-1-2-12(7)3-11-5/h3-11H,2H2,1H3;1-3H,8H2,(H2,9,13). The Kier molecular flexibility index (Phi) is 6.10. The first-order chi connectivity index (χ1) is 15.9. The fourth-order valence-electron chi connectivity index (χ4n) is 3.63. The van der Waals surface area contributed by atoms with E-state index in [-0.39, 0.29) is 16.9 Å². The lowest BCUT2D eigenvalue weighted by molar-refractivity contribution is 0.100. The Bertz CT molecular complexity index is 1530. The number of anilines is 1. The van der Waals surface area contributed by atoms with Crippen LogP contribution in [-0.4, -0.2) is 24.8 Å². The second-order valence-corrected chi connectivity index (χ2v) is 7.60. The van der Waals surface area contributed by atoms with E-state index in [1.54, 1.807) is 27.4 Å². The lowest BCUT2D eigenvalue weighted by atomic mass is 10.1. The lowest BCUT2D eigenvalue weighted by Gasteiger charge is -2.14. The Morgan fingerprint density at radius 2 is 1.85 bits per heavy atom. The lowest BCUT2D eigenvalue weighted by Crippen LogP contribution is -2.22. The number of nitrogen functional groups attached to an aromatic ring is 1. The van der Waals surface area contributed by atoms with Crippen LogP contribution in [0.1, 0.15) is 23.0 Å². The van der Waals surface area contributed by atoms with Gasteiger partial charge < -0.3 is 11.5 Å². The summed E-state index contributed by atoms with van der Waals surface area (Å²) >= 11 is 6.20. The Balaban J connectivity index is 0.000000172. The molecular weight excluding hydrogens is 440 g/mol. The average Bonchev–Trinajstić information content (AvgIpc) is 3.28. The average molecular weight is 461 g/mol. The summed E-state index contributed by atoms with van der Waals surface area (Å²) < 4.78 is 3.32. The van der Waals surface area contributed by atoms with Gasteiger partial charge in [-0.25, -0.2) is 9.97 Å². The summed E-state index contributed by atoms with van der Waals surface area (Å²) in [5.41, 5.74) is 13.0. The van der Waals surface area contributed by atoms with Gasteiger partial charge in [0.25, 0.3) is 11.5 Å². The molecule has 4 N–H and O–H groups in total. The number of nitrogens with zero attached hydrogens (tertiary/aromatic N) is 4. The molecule has 5 rings (SSSR count). The van der Waals surface area contributed by atoms with Gasteiger partial charge in [-0.3, -0.25) is 18.6 Å². The van der Waals surface area contributed by atoms with E-state index in [1.807, 2.05) is 55.5 Å². The second kappa shape index (κ2) is 9.13. The SMILES string of the molecule is CCc1cc2cccc(Cl)c2c(=O)n1-c1ccccc1.NC(=O)c1c(N)ncn2ccnc12. The Labute approximate surface area is 194 Å². The number of amides is 1. The van der Waals surface area contributed by atoms with Gasteiger partial charge in [0.2, 0.25) is 0 Å². The summed E-state index contributed by atoms with van der Waals surface area (Å²) in [6, 6.07) is 17.3. The number of primary amides is 1. The van der Waals surface area contributed by atoms with Gasteiger partial charge in [0.15, 0.2) is 5.65 Å². The van der Waals surface area contributed by atoms with Crippen molar-refractivity contribution < 1.29 is 4.79 Å². The van der Waals surface area contributed by atoms with E-state index in [1.165, 1.54) is 6.33 Å². The Morgan fingerprint density at radius 3 is 2.55 bits per heavy atom. The predicted molar refractivity (Wildman–Crippen MR) is 130 cm³/mol. The van der Waals surface area contributed by atoms with Gasteiger partial charge in [-0.1, -0.05) is 48.9 Å². The van der Waals surface area contributed by atoms with Crippen LogP contribution in [0.4, 0.5) is 5.82 Å². The number of rotatable bonds is 3. The maximum atomic E-state index is 12.8. The van der Waals surface area contributed by atoms with Crippen LogP contribution in [0.3, 0.4) is 0 Å². The maximum Gasteiger partial charge on any atom is 0.264 e. The van der Waals surface area contributed by atoms with Crippen molar-refractivity contribution in [3.8, 4) is 5.69 Å². The van der Waals surface area contributed by atoms with Gasteiger partial charge in [0, 0.05) is 23.8 Å². The number of imidazole rings is 1. The molecule has 0 radical (unpaired) electrons. The monoisotopic (exact) mass is 460 g/mol. The van der Waals surface area contributed by atoms with Crippen LogP contribution in [0.2, 0.25) is 5.02 Å². The van der Waals surface area contributed by atoms with Crippen molar-refractivity contribution >= 4 is 39.7 Å². The van der Waals surface area contributed by atoms with Crippen molar-refractivity contribution in [2.75, 3.05) is 5.73 Å². The molecule has 0 saturated carbocycles. The van der Waals surface area contributed by atoms with E-state index in [0.29, 0.717) is 16.1 Å². The first kappa shape index (κ1) is 22.0. The molecule has 8 nitrogen and oxygen atoms in total. The molecule has 0 saturated heterocycles. The number of fused-ring (bicyclic) bond motifs is 2. The van der Waals surface area contributed by atoms with E-state index in [2.05, 4.69) is 9.97 Å². The number of hydrogen-bond donors (Lipinski definition) is 2. The Morgan fingerprint density at radius 1 is 1.09 bits per heavy atom. The fourth-order valence-corrected chi connectivity index (χ4v) is 3.90. The third-order valence-corrected chi connectivity index (χ3v) is 5.48. The number of carbonyl (C=O) groups is 1. The molecule has 5 aromatic rings. The molecule has 3 aromatic heterocycles. The first-order valence-electron chi connectivity index (χ1n) is 10.2. The van der Waals surface area contributed by atoms with Crippen molar-refractivity contribution in [3.63, 3.8) is 0 Å². The first-order valence-corrected chi connectivity index (χ1v) is 10.6. The van der Waals surface area contributed by atoms with Gasteiger partial charge in [-0.05, 0) is 36.1 Å². The topological polar surface area (TPSA) is 121 Å². The van der Waals surface area contributed by atoms with Gasteiger partial charge in [-0.2, -0.15) is 0 Å². The summed E-state index contributed by atoms with van der Waals surface area (Å²) in [5, 5.41) is 1.97. The number of hydrogen-bond acceptors (Lipinski definition) is 5. The van der Waals surface area contributed by atoms with Crippen molar-refractivity contribution in [1.29, 1.82) is 0 Å². The number of aryl methyl sites for hydroxylation is 1. The van der Waals surface area contributed by atoms with Crippen LogP contribution in [0.25, 0.3) is 22.1 Å². The fraction of sp³-hybridized carbons (Fsp3) is 0.0833. The van der Waals surface area contributed by atoms with Crippen molar-refractivity contribution in [2.24, 2.45) is 5.73 Å². The molecule has 0 atom stereocenters. The van der Waals surface area contributed by atoms with Crippen LogP contribution in [0.5, 0.6) is 0 Å². The van der Waals surface area contributed by atoms with Gasteiger partial charge in [-0.15, -0.1) is 0 Å². The summed E-state index contributed by atoms with van der Waals surface area (Å²) in [7, 11) is 0. The highest BCUT2D eigenvalue weighted by molar-refractivity contribution is 6.35. The summed E-state index contributed by atoms with van der Waals surface area (Å²) in [4.78, 5) is 31.5. The molecule has 3 heterocycles. The molecule has 9 heteroatoms. The van der Waals surface area contributed by atoms with Crippen LogP contribution in [0, 0.1) is 0 Å². The number of para-hydroxylation sites is 1. The molecule has 0 fully saturated rings. The molecule has 0 aliphatic carbocycles. The largest absolute Gasteiger partial charge is 0.383 e. The highest BCUT2D eigenvalue weighted by atomic mass is 35.5. The molecule has 0 unspecified atom stereocenters. The highest BCUT2D eigenvalue weighted by Gasteiger charge is 2.13. The number of benzene rings is 2. The van der Waals surface area contributed by atoms with E-state index in [4.69, 9.17) is 23.1 Å². The minimum Gasteiger partial charge on any atom is -0.383 e. The minimum absolute atomic E-state index is 0.0591. The number of aromatic nitrogens is 4. The minimum atomic E-state index is -0.623. The second-order valence-electron chi connectivity index (χ2n) is 7.20. The van der Waals surface area contributed by atoms with Crippen molar-refractivity contribution in [3.05, 3.63) is 100.0 Å². The van der Waals surface area contributed by atoms with E-state index in [0.717, 1.165) is 23.2 Å². The van der Waals surface area contributed by atoms with Crippen LogP contribution >= 0.6 is 11.6 Å². The van der Waals surface area contributed by atoms with Gasteiger partial charge in [0.1, 0.15) is 17.7 Å². The zero-order valence-corrected chi connectivity index (χ0v) is 18.5. The third kappa shape index (κ3) is 4.16. The predicted octanol–water partition coefficient (Wildman–Crippen LogP) is 3.62. The summed E-state index contributed by atoms with van der Waals surface area (Å²) in [6.45, 7) is 2.05. The molecule has 1 amide bonds. The molecular formula is C24H21ClN6O2. The normalized spacial score (nSPS) is 10.7. The number of nitrogens with two attached hydrogens (primary N) is 2. The molecule has 0 bridgehead atoms. The summed E-state index contributed by atoms with van der Waals surface area (Å²) in [5.74, 6) is -0.520. The van der Waals surface area contributed by atoms with Crippen LogP contribution < -0.4 is 17.0 Å². The van der Waals surface area contributed by atoms with Crippen LogP contribution in [-0.2, 0) is 6.42 Å². The van der Waals surface area contributed by atoms with Crippen molar-refractivity contribution in [1.82, 2.24) is 18.9 Å². The Hall–Kier alpha value is -4.17. The highest BCUT2D eigenvalue weighted by Crippen LogP contribution is 2.22. The molecule has 33 heavy (non-hydrogen) atoms. The zero-order chi connectivity index (χ0) is 23.5. The number of pyridine rings is 1. The van der Waals surface area contributed by atoms with Crippen LogP contribution in [0.15, 0.2) is 78.1 Å². The smallest absolute Gasteiger partial charge is 0.264 e. The molecule has 2 aromatic carbocycles. The quantitative estimate of drug-likeness (QED) is 0.426. The zero-order valence-electron chi connectivity index (χ0n) is 17.8. The molecule has 0 aliphatic rings. The molecule has 0 aliphatic heterocycles. The molecule has 0 spiro atoms.